The molecule has 0 unspecified atom stereocenters. The number of aromatic amines is 1. The maximum absolute atomic E-state index is 9.76. The lowest BCUT2D eigenvalue weighted by molar-refractivity contribution is 0.474. The first-order valence-corrected chi connectivity index (χ1v) is 34.3. The summed E-state index contributed by atoms with van der Waals surface area (Å²) >= 11 is 25.1. The Labute approximate surface area is 460 Å². The molecule has 0 saturated carbocycles. The van der Waals surface area contributed by atoms with Crippen LogP contribution in [0, 0.1) is 13.8 Å². The summed E-state index contributed by atoms with van der Waals surface area (Å²) in [6, 6.07) is 10.1. The highest BCUT2D eigenvalue weighted by molar-refractivity contribution is 6.83. The number of hydrogen-bond donors (Lipinski definition) is 2. The first-order chi connectivity index (χ1) is 34.1. The van der Waals surface area contributed by atoms with Crippen LogP contribution in [0.2, 0.25) is 70.0 Å². The van der Waals surface area contributed by atoms with E-state index in [1.807, 2.05) is 50.6 Å². The van der Waals surface area contributed by atoms with Crippen molar-refractivity contribution in [1.29, 1.82) is 0 Å². The number of aromatic nitrogens is 8. The van der Waals surface area contributed by atoms with Gasteiger partial charge in [-0.05, 0) is 124 Å². The van der Waals surface area contributed by atoms with E-state index < -0.39 is 24.7 Å². The van der Waals surface area contributed by atoms with Gasteiger partial charge in [0.1, 0.15) is 22.6 Å². The van der Waals surface area contributed by atoms with Gasteiger partial charge < -0.3 is 22.8 Å². The minimum atomic E-state index is -1.84. The third kappa shape index (κ3) is 10.9. The average molecular weight is 1120 g/mol. The Morgan fingerprint density at radius 3 is 1.18 bits per heavy atom. The van der Waals surface area contributed by atoms with Crippen molar-refractivity contribution >= 4 is 115 Å². The number of nitrogens with one attached hydrogen (secondary N) is 1. The first kappa shape index (κ1) is 60.2. The molecule has 8 rings (SSSR count). The van der Waals surface area contributed by atoms with Gasteiger partial charge in [-0.15, -0.1) is 0 Å². The van der Waals surface area contributed by atoms with E-state index in [1.165, 1.54) is 6.20 Å². The Morgan fingerprint density at radius 1 is 0.425 bits per heavy atom. The van der Waals surface area contributed by atoms with Crippen molar-refractivity contribution in [2.45, 2.75) is 188 Å². The smallest absolute Gasteiger partial charge is 0.171 e. The van der Waals surface area contributed by atoms with E-state index in [-0.39, 0.29) is 5.75 Å². The number of aryl methyl sites for hydroxylation is 2. The third-order valence-corrected chi connectivity index (χ3v) is 38.2. The van der Waals surface area contributed by atoms with Crippen molar-refractivity contribution in [3.8, 4) is 5.75 Å². The predicted molar refractivity (Wildman–Crippen MR) is 326 cm³/mol. The number of H-pyrrole nitrogens is 1. The maximum Gasteiger partial charge on any atom is 0.171 e. The molecule has 0 aliphatic heterocycles. The highest BCUT2D eigenvalue weighted by atomic mass is 35.5. The zero-order chi connectivity index (χ0) is 54.8. The fourth-order valence-corrected chi connectivity index (χ4v) is 34.2. The zero-order valence-corrected chi connectivity index (χ0v) is 53.3. The molecule has 9 nitrogen and oxygen atoms in total. The molecule has 0 saturated heterocycles. The normalized spacial score (nSPS) is 12.7. The Hall–Kier alpha value is -3.63. The summed E-state index contributed by atoms with van der Waals surface area (Å²) in [7, 11) is -5.35. The van der Waals surface area contributed by atoms with Crippen LogP contribution < -0.4 is 0 Å². The molecule has 0 amide bonds. The first-order valence-electron chi connectivity index (χ1n) is 26.3. The molecule has 8 heterocycles. The second-order valence-electron chi connectivity index (χ2n) is 22.8. The molecule has 0 aromatic carbocycles. The van der Waals surface area contributed by atoms with E-state index in [4.69, 9.17) is 51.4 Å². The third-order valence-electron chi connectivity index (χ3n) is 16.3. The van der Waals surface area contributed by atoms with Crippen molar-refractivity contribution in [2.24, 2.45) is 0 Å². The Kier molecular flexibility index (Phi) is 19.9. The molecule has 0 atom stereocenters. The molecule has 2 N–H and O–H groups in total. The molecule has 0 bridgehead atoms. The highest BCUT2D eigenvalue weighted by Gasteiger charge is 2.48. The van der Waals surface area contributed by atoms with Gasteiger partial charge in [-0.1, -0.05) is 171 Å². The Bertz CT molecular complexity index is 2930. The van der Waals surface area contributed by atoms with E-state index in [0.29, 0.717) is 54.9 Å². The van der Waals surface area contributed by atoms with Gasteiger partial charge in [-0.2, -0.15) is 0 Å². The number of hydrogen-bond acceptors (Lipinski definition) is 5. The van der Waals surface area contributed by atoms with Crippen molar-refractivity contribution in [2.75, 3.05) is 0 Å². The van der Waals surface area contributed by atoms with Gasteiger partial charge in [0.05, 0.1) is 26.3 Å². The largest absolute Gasteiger partial charge is 0.505 e. The van der Waals surface area contributed by atoms with E-state index in [1.54, 1.807) is 6.20 Å². The van der Waals surface area contributed by atoms with Gasteiger partial charge in [-0.25, -0.2) is 19.9 Å². The zero-order valence-electron chi connectivity index (χ0n) is 47.3. The SMILES string of the molecule is CC(C)[Si](C(C)C)(C(C)C)n1ccc2c(Cl)c(O)cnc21.CC(C)[Si](C(C)C)(C(C)C)n1ccc2c(Cl)ccnc21.Cc1cnc2[nH]ccc2c1Cl.Cc1cnc2c(ccn2[Si](C(C)C)(C(C)C)C(C)C)c1Cl. The average Bonchev–Trinajstić information content (AvgIpc) is 4.13. The summed E-state index contributed by atoms with van der Waals surface area (Å²) in [4.78, 5) is 21.0. The molecule has 0 spiro atoms. The van der Waals surface area contributed by atoms with E-state index in [0.717, 1.165) is 70.3 Å². The number of aromatic hydroxyl groups is 1. The minimum Gasteiger partial charge on any atom is -0.505 e. The standard InChI is InChI=1S/C17H27ClN2Si.C16H25ClN2OSi.C16H25ClN2Si.C8H7ClN2/c1-11(2)21(12(3)4,13(5)6)20-9-8-15-16(18)14(7)10-19-17(15)20;1-10(2)21(11(3)4,12(5)6)19-8-7-13-15(17)14(20)9-18-16(13)19;1-11(2)20(12(3)4,13(5)6)19-10-8-14-15(17)7-9-18-16(14)19;1-5-4-11-8-6(7(5)9)2-3-10-8/h8-13H,1-7H3;7-12,20H,1-6H3;7-13H,1-6H3;2-4H,1H3,(H,10,11). The van der Waals surface area contributed by atoms with Gasteiger partial charge in [-0.3, -0.25) is 0 Å². The predicted octanol–water partition coefficient (Wildman–Crippen LogP) is 19.7. The summed E-state index contributed by atoms with van der Waals surface area (Å²) in [5, 5.41) is 16.6. The molecule has 398 valence electrons. The van der Waals surface area contributed by atoms with Crippen LogP contribution in [-0.4, -0.2) is 67.4 Å². The van der Waals surface area contributed by atoms with Gasteiger partial charge in [0.25, 0.3) is 0 Å². The van der Waals surface area contributed by atoms with Crippen molar-refractivity contribution in [1.82, 2.24) is 37.6 Å². The molecular formula is C57H84Cl4N8OSi3. The minimum absolute atomic E-state index is 0.0489. The van der Waals surface area contributed by atoms with Crippen LogP contribution >= 0.6 is 46.4 Å². The second kappa shape index (κ2) is 24.1. The lowest BCUT2D eigenvalue weighted by Gasteiger charge is -2.44. The molecule has 8 aromatic rings. The van der Waals surface area contributed by atoms with Gasteiger partial charge in [0.2, 0.25) is 0 Å². The van der Waals surface area contributed by atoms with Crippen LogP contribution in [0.1, 0.15) is 136 Å². The molecule has 16 heteroatoms. The summed E-state index contributed by atoms with van der Waals surface area (Å²) in [5.74, 6) is 0.0489. The lowest BCUT2D eigenvalue weighted by Crippen LogP contribution is -2.51. The number of halogens is 4. The van der Waals surface area contributed by atoms with Crippen molar-refractivity contribution in [3.05, 3.63) is 111 Å². The molecule has 0 aliphatic carbocycles. The summed E-state index contributed by atoms with van der Waals surface area (Å²) in [6.07, 6.45) is 15.4. The van der Waals surface area contributed by atoms with E-state index in [9.17, 15) is 5.11 Å². The Morgan fingerprint density at radius 2 is 0.767 bits per heavy atom. The summed E-state index contributed by atoms with van der Waals surface area (Å²) in [6.45, 7) is 46.3. The molecule has 0 radical (unpaired) electrons. The molecular weight excluding hydrogens is 1040 g/mol. The monoisotopic (exact) mass is 1120 g/mol. The van der Waals surface area contributed by atoms with Crippen LogP contribution in [0.5, 0.6) is 5.75 Å². The van der Waals surface area contributed by atoms with Crippen LogP contribution in [0.25, 0.3) is 44.1 Å². The molecule has 8 aromatic heterocycles. The van der Waals surface area contributed by atoms with Gasteiger partial charge in [0, 0.05) is 46.3 Å². The molecule has 0 aliphatic rings. The van der Waals surface area contributed by atoms with E-state index in [2.05, 4.69) is 188 Å². The number of nitrogens with zero attached hydrogens (tertiary/aromatic N) is 7. The van der Waals surface area contributed by atoms with Gasteiger partial charge in [0.15, 0.2) is 30.5 Å². The topological polar surface area (TPSA) is 102 Å². The highest BCUT2D eigenvalue weighted by Crippen LogP contribution is 2.47. The van der Waals surface area contributed by atoms with Crippen LogP contribution in [0.3, 0.4) is 0 Å². The van der Waals surface area contributed by atoms with Crippen LogP contribution in [0.4, 0.5) is 0 Å². The maximum atomic E-state index is 9.76. The van der Waals surface area contributed by atoms with Crippen molar-refractivity contribution in [3.63, 3.8) is 0 Å². The van der Waals surface area contributed by atoms with E-state index >= 15 is 0 Å². The summed E-state index contributed by atoms with van der Waals surface area (Å²) in [5.41, 5.74) is 11.6. The fourth-order valence-electron chi connectivity index (χ4n) is 13.7. The Balaban J connectivity index is 0.000000184. The molecule has 73 heavy (non-hydrogen) atoms. The number of rotatable bonds is 12. The summed E-state index contributed by atoms with van der Waals surface area (Å²) < 4.78 is 7.40. The molecule has 0 fully saturated rings. The van der Waals surface area contributed by atoms with Crippen molar-refractivity contribution < 1.29 is 5.11 Å². The second-order valence-corrected chi connectivity index (χ2v) is 41.5. The quantitative estimate of drug-likeness (QED) is 0.119. The fraction of sp³-hybridized carbons (Fsp3) is 0.509. The van der Waals surface area contributed by atoms with Crippen LogP contribution in [-0.2, 0) is 0 Å². The van der Waals surface area contributed by atoms with Gasteiger partial charge >= 0.3 is 0 Å². The number of pyridine rings is 4. The lowest BCUT2D eigenvalue weighted by atomic mass is 10.2. The number of fused-ring (bicyclic) bond motifs is 4. The van der Waals surface area contributed by atoms with Crippen LogP contribution in [0.15, 0.2) is 79.9 Å².